The number of fused-ring (bicyclic) bond motifs is 1. The summed E-state index contributed by atoms with van der Waals surface area (Å²) in [6.45, 7) is 3.77. The molecule has 0 bridgehead atoms. The lowest BCUT2D eigenvalue weighted by Gasteiger charge is -2.21. The molecular formula is C26H24N2O4S. The first-order valence-corrected chi connectivity index (χ1v) is 11.4. The number of benzene rings is 2. The van der Waals surface area contributed by atoms with Gasteiger partial charge in [0.25, 0.3) is 5.56 Å². The number of thiazole rings is 1. The van der Waals surface area contributed by atoms with Crippen molar-refractivity contribution < 1.29 is 14.3 Å². The quantitative estimate of drug-likeness (QED) is 0.528. The fourth-order valence-electron chi connectivity index (χ4n) is 3.63. The topological polar surface area (TPSA) is 69.9 Å². The molecule has 0 N–H and O–H groups in total. The van der Waals surface area contributed by atoms with E-state index in [9.17, 15) is 9.59 Å². The molecule has 0 aliphatic carbocycles. The van der Waals surface area contributed by atoms with E-state index in [2.05, 4.69) is 4.99 Å². The highest BCUT2D eigenvalue weighted by Crippen LogP contribution is 2.26. The number of nitrogens with zero attached hydrogens (tertiary/aromatic N) is 2. The van der Waals surface area contributed by atoms with E-state index < -0.39 is 12.0 Å². The molecule has 168 valence electrons. The average molecular weight is 461 g/mol. The first-order chi connectivity index (χ1) is 16.0. The molecule has 1 aliphatic heterocycles. The minimum absolute atomic E-state index is 0.202. The van der Waals surface area contributed by atoms with E-state index in [1.54, 1.807) is 25.5 Å². The molecule has 0 radical (unpaired) electrons. The van der Waals surface area contributed by atoms with Gasteiger partial charge in [0, 0.05) is 0 Å². The number of allylic oxidation sites excluding steroid dienone is 2. The molecule has 33 heavy (non-hydrogen) atoms. The fourth-order valence-corrected chi connectivity index (χ4v) is 4.69. The van der Waals surface area contributed by atoms with Crippen LogP contribution >= 0.6 is 11.3 Å². The number of carbonyl (C=O) groups excluding carboxylic acids is 1. The van der Waals surface area contributed by atoms with Gasteiger partial charge in [0.2, 0.25) is 0 Å². The summed E-state index contributed by atoms with van der Waals surface area (Å²) in [6, 6.07) is 16.6. The highest BCUT2D eigenvalue weighted by Gasteiger charge is 2.30. The molecule has 0 unspecified atom stereocenters. The second kappa shape index (κ2) is 9.83. The van der Waals surface area contributed by atoms with Crippen molar-refractivity contribution in [1.82, 2.24) is 4.57 Å². The van der Waals surface area contributed by atoms with E-state index in [1.807, 2.05) is 72.8 Å². The maximum absolute atomic E-state index is 13.4. The summed E-state index contributed by atoms with van der Waals surface area (Å²) in [5, 5.41) is 0. The summed E-state index contributed by atoms with van der Waals surface area (Å²) < 4.78 is 12.6. The second-order valence-electron chi connectivity index (χ2n) is 7.39. The van der Waals surface area contributed by atoms with Crippen molar-refractivity contribution in [2.45, 2.75) is 19.9 Å². The zero-order valence-electron chi connectivity index (χ0n) is 18.6. The van der Waals surface area contributed by atoms with Gasteiger partial charge in [-0.25, -0.2) is 9.79 Å². The normalized spacial score (nSPS) is 16.0. The summed E-state index contributed by atoms with van der Waals surface area (Å²) in [7, 11) is 1.61. The Balaban J connectivity index is 1.84. The highest BCUT2D eigenvalue weighted by atomic mass is 32.1. The van der Waals surface area contributed by atoms with E-state index in [1.165, 1.54) is 11.3 Å². The molecule has 0 saturated heterocycles. The molecule has 7 heteroatoms. The zero-order chi connectivity index (χ0) is 23.4. The van der Waals surface area contributed by atoms with Crippen LogP contribution in [0.2, 0.25) is 0 Å². The molecule has 0 fully saturated rings. The zero-order valence-corrected chi connectivity index (χ0v) is 19.5. The number of methoxy groups -OCH3 is 1. The molecule has 0 amide bonds. The fraction of sp³-hybridized carbons (Fsp3) is 0.192. The van der Waals surface area contributed by atoms with Crippen LogP contribution in [-0.2, 0) is 9.53 Å². The molecule has 1 aromatic heterocycles. The monoisotopic (exact) mass is 460 g/mol. The van der Waals surface area contributed by atoms with E-state index in [4.69, 9.17) is 9.47 Å². The van der Waals surface area contributed by atoms with E-state index in [-0.39, 0.29) is 12.2 Å². The van der Waals surface area contributed by atoms with Gasteiger partial charge in [-0.2, -0.15) is 0 Å². The Bertz CT molecular complexity index is 1400. The number of hydrogen-bond acceptors (Lipinski definition) is 6. The Morgan fingerprint density at radius 2 is 1.85 bits per heavy atom. The summed E-state index contributed by atoms with van der Waals surface area (Å²) in [4.78, 5) is 31.4. The van der Waals surface area contributed by atoms with Gasteiger partial charge in [-0.1, -0.05) is 66.0 Å². The first kappa shape index (κ1) is 22.5. The van der Waals surface area contributed by atoms with Crippen LogP contribution in [0.25, 0.3) is 12.2 Å². The third-order valence-corrected chi connectivity index (χ3v) is 6.23. The molecule has 4 rings (SSSR count). The number of esters is 1. The maximum Gasteiger partial charge on any atom is 0.338 e. The predicted molar refractivity (Wildman–Crippen MR) is 130 cm³/mol. The molecular weight excluding hydrogens is 436 g/mol. The van der Waals surface area contributed by atoms with Crippen molar-refractivity contribution in [1.29, 1.82) is 0 Å². The van der Waals surface area contributed by atoms with E-state index >= 15 is 0 Å². The first-order valence-electron chi connectivity index (χ1n) is 10.6. The number of rotatable bonds is 6. The lowest BCUT2D eigenvalue weighted by molar-refractivity contribution is -0.139. The van der Waals surface area contributed by atoms with Crippen LogP contribution < -0.4 is 19.6 Å². The van der Waals surface area contributed by atoms with Gasteiger partial charge in [0.05, 0.1) is 35.6 Å². The number of aromatic nitrogens is 1. The molecule has 3 aromatic rings. The van der Waals surface area contributed by atoms with Crippen LogP contribution in [0, 0.1) is 0 Å². The van der Waals surface area contributed by atoms with Crippen molar-refractivity contribution in [3.05, 3.63) is 103 Å². The van der Waals surface area contributed by atoms with E-state index in [0.29, 0.717) is 20.6 Å². The van der Waals surface area contributed by atoms with Gasteiger partial charge in [-0.05, 0) is 43.2 Å². The van der Waals surface area contributed by atoms with Gasteiger partial charge < -0.3 is 9.47 Å². The Labute approximate surface area is 195 Å². The third-order valence-electron chi connectivity index (χ3n) is 5.24. The van der Waals surface area contributed by atoms with Crippen LogP contribution in [0.4, 0.5) is 0 Å². The summed E-state index contributed by atoms with van der Waals surface area (Å²) in [5.74, 6) is 0.278. The maximum atomic E-state index is 13.4. The van der Waals surface area contributed by atoms with Crippen LogP contribution in [-0.4, -0.2) is 24.3 Å². The van der Waals surface area contributed by atoms with Crippen molar-refractivity contribution in [2.75, 3.05) is 13.7 Å². The minimum atomic E-state index is -0.612. The Morgan fingerprint density at radius 3 is 2.52 bits per heavy atom. The van der Waals surface area contributed by atoms with Crippen LogP contribution in [0.3, 0.4) is 0 Å². The van der Waals surface area contributed by atoms with Crippen molar-refractivity contribution in [3.8, 4) is 5.75 Å². The summed E-state index contributed by atoms with van der Waals surface area (Å²) >= 11 is 1.30. The Kier molecular flexibility index (Phi) is 6.70. The lowest BCUT2D eigenvalue weighted by Crippen LogP contribution is -2.38. The highest BCUT2D eigenvalue weighted by molar-refractivity contribution is 7.07. The molecule has 6 nitrogen and oxygen atoms in total. The van der Waals surface area contributed by atoms with Gasteiger partial charge in [-0.15, -0.1) is 0 Å². The largest absolute Gasteiger partial charge is 0.497 e. The van der Waals surface area contributed by atoms with Gasteiger partial charge in [0.15, 0.2) is 4.80 Å². The number of hydrogen-bond donors (Lipinski definition) is 0. The van der Waals surface area contributed by atoms with Crippen LogP contribution in [0.1, 0.15) is 31.0 Å². The van der Waals surface area contributed by atoms with Crippen molar-refractivity contribution >= 4 is 29.5 Å². The van der Waals surface area contributed by atoms with E-state index in [0.717, 1.165) is 16.9 Å². The van der Waals surface area contributed by atoms with Gasteiger partial charge in [0.1, 0.15) is 5.75 Å². The van der Waals surface area contributed by atoms with Gasteiger partial charge in [-0.3, -0.25) is 9.36 Å². The SMILES string of the molecule is CCOC(=O)C1=C(C)N=c2s/c(=C\c3ccc(OC)cc3)c(=O)n2[C@H]1/C=C/c1ccccc1. The summed E-state index contributed by atoms with van der Waals surface area (Å²) in [6.07, 6.45) is 5.59. The minimum Gasteiger partial charge on any atom is -0.497 e. The third kappa shape index (κ3) is 4.73. The molecule has 0 saturated carbocycles. The Hall–Kier alpha value is -3.71. The van der Waals surface area contributed by atoms with Crippen LogP contribution in [0.15, 0.2) is 81.7 Å². The molecule has 0 spiro atoms. The second-order valence-corrected chi connectivity index (χ2v) is 8.40. The number of ether oxygens (including phenoxy) is 2. The van der Waals surface area contributed by atoms with Crippen molar-refractivity contribution in [3.63, 3.8) is 0 Å². The van der Waals surface area contributed by atoms with Crippen molar-refractivity contribution in [2.24, 2.45) is 4.99 Å². The molecule has 1 aliphatic rings. The smallest absolute Gasteiger partial charge is 0.338 e. The molecule has 1 atom stereocenters. The number of carbonyl (C=O) groups is 1. The van der Waals surface area contributed by atoms with Gasteiger partial charge >= 0.3 is 5.97 Å². The summed E-state index contributed by atoms with van der Waals surface area (Å²) in [5.41, 5.74) is 2.56. The molecule has 2 heterocycles. The average Bonchev–Trinajstić information content (AvgIpc) is 3.13. The Morgan fingerprint density at radius 1 is 1.12 bits per heavy atom. The predicted octanol–water partition coefficient (Wildman–Crippen LogP) is 3.47. The van der Waals surface area contributed by atoms with Crippen LogP contribution in [0.5, 0.6) is 5.75 Å². The molecule has 2 aromatic carbocycles. The lowest BCUT2D eigenvalue weighted by atomic mass is 10.0. The standard InChI is InChI=1S/C26H24N2O4S/c1-4-32-25(30)23-17(2)27-26-28(21(23)15-12-18-8-6-5-7-9-18)24(29)22(33-26)16-19-10-13-20(31-3)14-11-19/h5-16,21H,4H2,1-3H3/b15-12+,22-16-/t21-/m0/s1.